The Kier molecular flexibility index (Phi) is 13.0. The van der Waals surface area contributed by atoms with Crippen molar-refractivity contribution in [2.24, 2.45) is 63.6 Å². The number of carbonyl (C=O) groups is 3. The lowest BCUT2D eigenvalue weighted by atomic mass is 9.42. The standard InChI is InChI=1S/C32H52O3.C14H14FN3O.C4H8/c1-20(33)18-30(3,4)19-29(34)35-28-14-17-32(6)25(21(28)2)11-9-24-22-13-16-31(5)15-7-8-26(31)23(22)10-12-27(24)32;15-11-5-3-10(4-6-11)12-8-16-14(17-12)13-2-1-7-18(13)9-19;1-4-2-3-4/h21-28H,7-19H2,1-6H3;3-6,8-9,13H,1-2,7H2,(H,16,17);4H,2-3H2,1H3. The van der Waals surface area contributed by atoms with Crippen LogP contribution in [0.4, 0.5) is 4.39 Å². The lowest BCUT2D eigenvalue weighted by Gasteiger charge is -2.63. The van der Waals surface area contributed by atoms with Crippen molar-refractivity contribution in [3.63, 3.8) is 0 Å². The maximum Gasteiger partial charge on any atom is 0.306 e. The summed E-state index contributed by atoms with van der Waals surface area (Å²) in [5.41, 5.74) is 2.48. The van der Waals surface area contributed by atoms with E-state index < -0.39 is 0 Å². The topological polar surface area (TPSA) is 92.4 Å². The molecule has 9 rings (SSSR count). The van der Waals surface area contributed by atoms with Crippen LogP contribution < -0.4 is 0 Å². The molecular weight excluding hydrogens is 726 g/mol. The Balaban J connectivity index is 0.000000185. The molecule has 320 valence electrons. The average molecular weight is 800 g/mol. The Morgan fingerprint density at radius 2 is 1.55 bits per heavy atom. The minimum Gasteiger partial charge on any atom is -0.462 e. The first-order valence-electron chi connectivity index (χ1n) is 23.3. The summed E-state index contributed by atoms with van der Waals surface area (Å²) in [6, 6.07) is 6.29. The lowest BCUT2D eigenvalue weighted by molar-refractivity contribution is -0.177. The molecule has 0 radical (unpaired) electrons. The number of H-pyrrole nitrogens is 1. The van der Waals surface area contributed by atoms with Crippen molar-refractivity contribution in [3.05, 3.63) is 42.1 Å². The van der Waals surface area contributed by atoms with Crippen molar-refractivity contribution in [1.29, 1.82) is 0 Å². The van der Waals surface area contributed by atoms with Gasteiger partial charge in [-0.1, -0.05) is 60.8 Å². The number of halogens is 1. The highest BCUT2D eigenvalue weighted by Gasteiger charge is 2.60. The maximum absolute atomic E-state index is 12.9. The van der Waals surface area contributed by atoms with Gasteiger partial charge in [-0.25, -0.2) is 9.37 Å². The van der Waals surface area contributed by atoms with Crippen LogP contribution in [0.1, 0.15) is 169 Å². The summed E-state index contributed by atoms with van der Waals surface area (Å²) in [5, 5.41) is 0. The highest BCUT2D eigenvalue weighted by Crippen LogP contribution is 2.67. The Hall–Kier alpha value is -3.03. The zero-order valence-electron chi connectivity index (χ0n) is 36.9. The lowest BCUT2D eigenvalue weighted by Crippen LogP contribution is -2.57. The molecule has 1 amide bonds. The highest BCUT2D eigenvalue weighted by molar-refractivity contribution is 5.78. The SMILES string of the molecule is CC(=O)CC(C)(C)CC(=O)OC1CCC2(C)C(CCC3C4CCC5(C)CCCC5C4CCC32)C1C.CC1CC1.O=CN1CCCC1c1ncc(-c2ccc(F)cc2)[nH]1. The summed E-state index contributed by atoms with van der Waals surface area (Å²) in [7, 11) is 0. The molecule has 7 aliphatic rings. The molecule has 11 atom stereocenters. The van der Waals surface area contributed by atoms with Gasteiger partial charge in [-0.05, 0) is 177 Å². The second-order valence-corrected chi connectivity index (χ2v) is 21.6. The molecule has 1 saturated heterocycles. The number of hydrogen-bond donors (Lipinski definition) is 1. The second kappa shape index (κ2) is 17.5. The first-order chi connectivity index (χ1) is 27.6. The number of nitrogens with one attached hydrogen (secondary N) is 1. The Bertz CT molecular complexity index is 1740. The van der Waals surface area contributed by atoms with Crippen molar-refractivity contribution < 1.29 is 23.5 Å². The monoisotopic (exact) mass is 800 g/mol. The van der Waals surface area contributed by atoms with Gasteiger partial charge in [-0.2, -0.15) is 0 Å². The molecule has 2 aromatic rings. The second-order valence-electron chi connectivity index (χ2n) is 21.6. The number of carbonyl (C=O) groups excluding carboxylic acids is 3. The Labute approximate surface area is 348 Å². The largest absolute Gasteiger partial charge is 0.462 e. The number of fused-ring (bicyclic) bond motifs is 7. The number of benzene rings is 1. The number of aromatic nitrogens is 2. The number of rotatable bonds is 8. The van der Waals surface area contributed by atoms with Crippen LogP contribution in [0.15, 0.2) is 30.5 Å². The number of likely N-dealkylation sites (tertiary alicyclic amines) is 1. The first kappa shape index (κ1) is 43.1. The smallest absolute Gasteiger partial charge is 0.306 e. The molecule has 8 heteroatoms. The summed E-state index contributed by atoms with van der Waals surface area (Å²) < 4.78 is 19.0. The molecule has 7 nitrogen and oxygen atoms in total. The zero-order valence-corrected chi connectivity index (χ0v) is 36.9. The number of nitrogens with zero attached hydrogens (tertiary/aromatic N) is 2. The Morgan fingerprint density at radius 1 is 0.862 bits per heavy atom. The summed E-state index contributed by atoms with van der Waals surface area (Å²) >= 11 is 0. The van der Waals surface area contributed by atoms with E-state index in [1.165, 1.54) is 89.2 Å². The number of imidazole rings is 1. The fourth-order valence-corrected chi connectivity index (χ4v) is 13.7. The molecule has 1 aliphatic heterocycles. The van der Waals surface area contributed by atoms with E-state index in [0.717, 1.165) is 84.8 Å². The predicted molar refractivity (Wildman–Crippen MR) is 228 cm³/mol. The fourth-order valence-electron chi connectivity index (χ4n) is 13.7. The molecule has 1 aromatic carbocycles. The van der Waals surface area contributed by atoms with Gasteiger partial charge in [-0.15, -0.1) is 0 Å². The van der Waals surface area contributed by atoms with Gasteiger partial charge in [-0.3, -0.25) is 9.59 Å². The number of ketones is 1. The highest BCUT2D eigenvalue weighted by atomic mass is 19.1. The normalized spacial score (nSPS) is 36.4. The van der Waals surface area contributed by atoms with Crippen molar-refractivity contribution in [1.82, 2.24) is 14.9 Å². The van der Waals surface area contributed by atoms with Gasteiger partial charge in [0.1, 0.15) is 23.5 Å². The fraction of sp³-hybridized carbons (Fsp3) is 0.760. The molecule has 1 N–H and O–H groups in total. The maximum atomic E-state index is 12.9. The van der Waals surface area contributed by atoms with Gasteiger partial charge >= 0.3 is 5.97 Å². The summed E-state index contributed by atoms with van der Waals surface area (Å²) in [5.74, 6) is 7.60. The number of esters is 1. The van der Waals surface area contributed by atoms with Crippen LogP contribution in [-0.2, 0) is 19.1 Å². The van der Waals surface area contributed by atoms with E-state index >= 15 is 0 Å². The van der Waals surface area contributed by atoms with Crippen LogP contribution >= 0.6 is 0 Å². The van der Waals surface area contributed by atoms with Crippen molar-refractivity contribution in [3.8, 4) is 11.3 Å². The van der Waals surface area contributed by atoms with Crippen LogP contribution in [-0.4, -0.2) is 45.7 Å². The van der Waals surface area contributed by atoms with Gasteiger partial charge in [0.15, 0.2) is 0 Å². The molecular formula is C50H74FN3O4. The predicted octanol–water partition coefficient (Wildman–Crippen LogP) is 11.9. The van der Waals surface area contributed by atoms with Crippen LogP contribution in [0.5, 0.6) is 0 Å². The molecule has 0 bridgehead atoms. The minimum absolute atomic E-state index is 0.0340. The van der Waals surface area contributed by atoms with Gasteiger partial charge in [0.05, 0.1) is 24.4 Å². The van der Waals surface area contributed by atoms with Gasteiger partial charge in [0, 0.05) is 13.0 Å². The number of aromatic amines is 1. The van der Waals surface area contributed by atoms with E-state index in [9.17, 15) is 18.8 Å². The number of Topliss-reactive ketones (excluding diaryl/α,β-unsaturated/α-hetero) is 1. The van der Waals surface area contributed by atoms with E-state index in [2.05, 4.69) is 37.7 Å². The van der Waals surface area contributed by atoms with Gasteiger partial charge < -0.3 is 19.4 Å². The van der Waals surface area contributed by atoms with E-state index in [1.54, 1.807) is 30.2 Å². The Morgan fingerprint density at radius 3 is 2.22 bits per heavy atom. The van der Waals surface area contributed by atoms with E-state index in [4.69, 9.17) is 4.74 Å². The third kappa shape index (κ3) is 9.31. The number of amides is 1. The van der Waals surface area contributed by atoms with Crippen LogP contribution in [0.3, 0.4) is 0 Å². The minimum atomic E-state index is -0.318. The zero-order chi connectivity index (χ0) is 41.4. The van der Waals surface area contributed by atoms with E-state index in [-0.39, 0.29) is 35.1 Å². The van der Waals surface area contributed by atoms with Crippen molar-refractivity contribution in [2.75, 3.05) is 6.54 Å². The first-order valence-corrected chi connectivity index (χ1v) is 23.3. The van der Waals surface area contributed by atoms with Crippen molar-refractivity contribution >= 4 is 18.2 Å². The molecule has 1 aromatic heterocycles. The average Bonchev–Trinajstić information content (AvgIpc) is 3.52. The van der Waals surface area contributed by atoms with E-state index in [0.29, 0.717) is 35.5 Å². The quantitative estimate of drug-likeness (QED) is 0.212. The van der Waals surface area contributed by atoms with Crippen molar-refractivity contribution in [2.45, 2.75) is 170 Å². The number of hydrogen-bond acceptors (Lipinski definition) is 5. The molecule has 2 heterocycles. The molecule has 6 aliphatic carbocycles. The third-order valence-corrected chi connectivity index (χ3v) is 16.8. The van der Waals surface area contributed by atoms with E-state index in [1.807, 2.05) is 13.8 Å². The third-order valence-electron chi connectivity index (χ3n) is 16.8. The van der Waals surface area contributed by atoms with Crippen LogP contribution in [0.2, 0.25) is 0 Å². The molecule has 7 fully saturated rings. The molecule has 0 spiro atoms. The molecule has 11 unspecified atom stereocenters. The van der Waals surface area contributed by atoms with Crippen LogP contribution in [0.25, 0.3) is 11.3 Å². The van der Waals surface area contributed by atoms with Gasteiger partial charge in [0.25, 0.3) is 0 Å². The summed E-state index contributed by atoms with van der Waals surface area (Å²) in [6.45, 7) is 16.3. The molecule has 58 heavy (non-hydrogen) atoms. The van der Waals surface area contributed by atoms with Gasteiger partial charge in [0.2, 0.25) is 6.41 Å². The summed E-state index contributed by atoms with van der Waals surface area (Å²) in [4.78, 5) is 44.7. The summed E-state index contributed by atoms with van der Waals surface area (Å²) in [6.07, 6.45) is 23.7. The van der Waals surface area contributed by atoms with Crippen LogP contribution in [0, 0.1) is 69.4 Å². The number of ether oxygens (including phenoxy) is 1. The molecule has 6 saturated carbocycles.